The van der Waals surface area contributed by atoms with Crippen molar-refractivity contribution < 1.29 is 19.1 Å². The number of halogens is 3. The summed E-state index contributed by atoms with van der Waals surface area (Å²) in [6.07, 6.45) is 0.950. The molecule has 0 saturated carbocycles. The number of carbonyl (C=O) groups is 2. The Morgan fingerprint density at radius 2 is 1.94 bits per heavy atom. The smallest absolute Gasteiger partial charge is 0.237 e. The number of aliphatic hydroxyl groups is 1. The predicted molar refractivity (Wildman–Crippen MR) is 142 cm³/mol. The number of amides is 2. The molecule has 0 aromatic heterocycles. The van der Waals surface area contributed by atoms with Crippen molar-refractivity contribution in [2.24, 2.45) is 5.41 Å². The molecular weight excluding hydrogens is 504 g/mol. The van der Waals surface area contributed by atoms with Gasteiger partial charge in [0, 0.05) is 35.8 Å². The van der Waals surface area contributed by atoms with Crippen molar-refractivity contribution in [1.82, 2.24) is 10.6 Å². The topological polar surface area (TPSA) is 90.5 Å². The zero-order chi connectivity index (χ0) is 25.5. The van der Waals surface area contributed by atoms with Gasteiger partial charge in [-0.1, -0.05) is 63.5 Å². The number of carbonyl (C=O) groups excluding carboxylic acids is 2. The fourth-order valence-electron chi connectivity index (χ4n) is 5.53. The first-order valence-corrected chi connectivity index (χ1v) is 12.5. The number of aliphatic hydroxyl groups excluding tert-OH is 1. The highest BCUT2D eigenvalue weighted by Gasteiger charge is 2.65. The molecule has 0 aliphatic carbocycles. The first-order valence-electron chi connectivity index (χ1n) is 11.7. The number of fused-ring (bicyclic) bond motifs is 2. The van der Waals surface area contributed by atoms with Crippen LogP contribution in [0.3, 0.4) is 0 Å². The van der Waals surface area contributed by atoms with Crippen LogP contribution in [0.5, 0.6) is 0 Å². The Hall–Kier alpha value is -2.19. The van der Waals surface area contributed by atoms with Crippen molar-refractivity contribution in [3.05, 3.63) is 63.4 Å². The molecule has 0 bridgehead atoms. The van der Waals surface area contributed by atoms with Gasteiger partial charge in [-0.25, -0.2) is 4.39 Å². The second-order valence-electron chi connectivity index (χ2n) is 10.5. The van der Waals surface area contributed by atoms with Crippen LogP contribution in [0.1, 0.15) is 58.1 Å². The molecule has 0 radical (unpaired) electrons. The molecule has 2 heterocycles. The maximum atomic E-state index is 14.8. The van der Waals surface area contributed by atoms with E-state index in [1.807, 2.05) is 6.07 Å². The largest absolute Gasteiger partial charge is 0.396 e. The first-order chi connectivity index (χ1) is 16.5. The number of hydrogen-bond donors (Lipinski definition) is 4. The molecule has 9 heteroatoms. The van der Waals surface area contributed by atoms with E-state index < -0.39 is 29.2 Å². The minimum Gasteiger partial charge on any atom is -0.396 e. The van der Waals surface area contributed by atoms with Crippen LogP contribution in [0.15, 0.2) is 36.4 Å². The van der Waals surface area contributed by atoms with Gasteiger partial charge in [-0.05, 0) is 53.6 Å². The summed E-state index contributed by atoms with van der Waals surface area (Å²) < 4.78 is 14.8. The zero-order valence-corrected chi connectivity index (χ0v) is 21.4. The second-order valence-corrected chi connectivity index (χ2v) is 11.3. The van der Waals surface area contributed by atoms with Crippen LogP contribution in [0.4, 0.5) is 10.1 Å². The third kappa shape index (κ3) is 4.99. The lowest BCUT2D eigenvalue weighted by atomic mass is 9.62. The Morgan fingerprint density at radius 3 is 2.58 bits per heavy atom. The lowest BCUT2D eigenvalue weighted by Gasteiger charge is -2.37. The monoisotopic (exact) mass is 537 g/mol. The molecule has 4 N–H and O–H groups in total. The molecule has 2 aromatic carbocycles. The normalized spacial score (nSPS) is 24.9. The van der Waals surface area contributed by atoms with E-state index in [2.05, 4.69) is 36.7 Å². The Kier molecular flexibility index (Phi) is 8.40. The van der Waals surface area contributed by atoms with Crippen LogP contribution in [0.25, 0.3) is 0 Å². The SMILES string of the molecule is C.CC(C)(C)CC1NC(C(=O)NCCCO)C(c2cccc(Cl)c2)C12C(=O)Nc1cc(Cl)c(F)cc12. The van der Waals surface area contributed by atoms with Crippen LogP contribution in [-0.2, 0) is 15.0 Å². The Morgan fingerprint density at radius 1 is 1.22 bits per heavy atom. The van der Waals surface area contributed by atoms with Gasteiger partial charge in [-0.2, -0.15) is 0 Å². The minimum atomic E-state index is -1.28. The highest BCUT2D eigenvalue weighted by Crippen LogP contribution is 2.57. The van der Waals surface area contributed by atoms with E-state index >= 15 is 0 Å². The highest BCUT2D eigenvalue weighted by molar-refractivity contribution is 6.31. The summed E-state index contributed by atoms with van der Waals surface area (Å²) in [5.41, 5.74) is 0.122. The number of hydrogen-bond acceptors (Lipinski definition) is 4. The summed E-state index contributed by atoms with van der Waals surface area (Å²) in [6, 6.07) is 8.56. The fourth-order valence-corrected chi connectivity index (χ4v) is 5.90. The number of anilines is 1. The standard InChI is InChI=1S/C26H30Cl2FN3O3.CH4/c1-25(2,3)13-20-26(16-11-18(29)17(28)12-19(16)31-24(26)35)21(14-6-4-7-15(27)10-14)22(32-20)23(34)30-8-5-9-33;/h4,6-7,10-12,20-22,32-33H,5,8-9,13H2,1-3H3,(H,30,34)(H,31,35);1H4. The Labute approximate surface area is 221 Å². The molecule has 1 saturated heterocycles. The number of rotatable bonds is 6. The van der Waals surface area contributed by atoms with Gasteiger partial charge < -0.3 is 21.1 Å². The first kappa shape index (κ1) is 28.4. The summed E-state index contributed by atoms with van der Waals surface area (Å²) >= 11 is 12.4. The van der Waals surface area contributed by atoms with Crippen LogP contribution in [-0.4, -0.2) is 42.2 Å². The fraction of sp³-hybridized carbons (Fsp3) is 0.481. The van der Waals surface area contributed by atoms with Gasteiger partial charge in [-0.3, -0.25) is 9.59 Å². The van der Waals surface area contributed by atoms with Gasteiger partial charge in [0.1, 0.15) is 11.2 Å². The van der Waals surface area contributed by atoms with Crippen LogP contribution in [0.2, 0.25) is 10.0 Å². The molecular formula is C27H34Cl2FN3O3. The van der Waals surface area contributed by atoms with Crippen molar-refractivity contribution in [3.63, 3.8) is 0 Å². The Balaban J connectivity index is 0.00000361. The molecule has 2 aliphatic rings. The van der Waals surface area contributed by atoms with Crippen molar-refractivity contribution in [1.29, 1.82) is 0 Å². The summed E-state index contributed by atoms with van der Waals surface area (Å²) in [7, 11) is 0. The van der Waals surface area contributed by atoms with Gasteiger partial charge in [-0.15, -0.1) is 0 Å². The van der Waals surface area contributed by atoms with Gasteiger partial charge in [0.25, 0.3) is 0 Å². The molecule has 4 rings (SSSR count). The van der Waals surface area contributed by atoms with E-state index in [4.69, 9.17) is 28.3 Å². The molecule has 6 nitrogen and oxygen atoms in total. The summed E-state index contributed by atoms with van der Waals surface area (Å²) in [4.78, 5) is 27.4. The van der Waals surface area contributed by atoms with Crippen LogP contribution >= 0.6 is 23.2 Å². The quantitative estimate of drug-likeness (QED) is 0.389. The molecule has 2 aromatic rings. The summed E-state index contributed by atoms with van der Waals surface area (Å²) in [5.74, 6) is -1.91. The molecule has 4 unspecified atom stereocenters. The third-order valence-corrected chi connectivity index (χ3v) is 7.35. The molecule has 2 aliphatic heterocycles. The summed E-state index contributed by atoms with van der Waals surface area (Å²) in [6.45, 7) is 6.41. The van der Waals surface area contributed by atoms with Crippen molar-refractivity contribution in [2.45, 2.75) is 64.5 Å². The average Bonchev–Trinajstić information content (AvgIpc) is 3.23. The van der Waals surface area contributed by atoms with E-state index in [0.717, 1.165) is 0 Å². The molecule has 4 atom stereocenters. The van der Waals surface area contributed by atoms with Gasteiger partial charge >= 0.3 is 0 Å². The van der Waals surface area contributed by atoms with E-state index in [0.29, 0.717) is 41.2 Å². The molecule has 1 spiro atoms. The summed E-state index contributed by atoms with van der Waals surface area (Å²) in [5, 5.41) is 18.8. The number of nitrogens with one attached hydrogen (secondary N) is 3. The van der Waals surface area contributed by atoms with Crippen molar-refractivity contribution in [3.8, 4) is 0 Å². The van der Waals surface area contributed by atoms with Crippen LogP contribution < -0.4 is 16.0 Å². The maximum Gasteiger partial charge on any atom is 0.237 e. The van der Waals surface area contributed by atoms with Crippen LogP contribution in [0, 0.1) is 11.2 Å². The predicted octanol–water partition coefficient (Wildman–Crippen LogP) is 5.02. The van der Waals surface area contributed by atoms with Crippen molar-refractivity contribution >= 4 is 40.7 Å². The maximum absolute atomic E-state index is 14.8. The molecule has 2 amide bonds. The highest BCUT2D eigenvalue weighted by atomic mass is 35.5. The van der Waals surface area contributed by atoms with E-state index in [1.54, 1.807) is 18.2 Å². The third-order valence-electron chi connectivity index (χ3n) is 6.83. The lowest BCUT2D eigenvalue weighted by Crippen LogP contribution is -2.49. The van der Waals surface area contributed by atoms with Gasteiger partial charge in [0.15, 0.2) is 0 Å². The van der Waals surface area contributed by atoms with Gasteiger partial charge in [0.05, 0.1) is 11.1 Å². The van der Waals surface area contributed by atoms with E-state index in [-0.39, 0.29) is 36.3 Å². The van der Waals surface area contributed by atoms with E-state index in [9.17, 15) is 14.0 Å². The average molecular weight is 538 g/mol. The van der Waals surface area contributed by atoms with Crippen molar-refractivity contribution in [2.75, 3.05) is 18.5 Å². The second kappa shape index (κ2) is 10.7. The number of benzene rings is 2. The lowest BCUT2D eigenvalue weighted by molar-refractivity contribution is -0.123. The van der Waals surface area contributed by atoms with E-state index in [1.165, 1.54) is 12.1 Å². The van der Waals surface area contributed by atoms with Gasteiger partial charge in [0.2, 0.25) is 11.8 Å². The minimum absolute atomic E-state index is 0. The zero-order valence-electron chi connectivity index (χ0n) is 19.9. The molecule has 36 heavy (non-hydrogen) atoms. The Bertz CT molecular complexity index is 1150. The molecule has 1 fully saturated rings. The molecule has 196 valence electrons.